The van der Waals surface area contributed by atoms with E-state index in [-0.39, 0.29) is 12.3 Å². The first-order valence-electron chi connectivity index (χ1n) is 6.95. The Morgan fingerprint density at radius 3 is 2.52 bits per heavy atom. The molecule has 0 aliphatic carbocycles. The van der Waals surface area contributed by atoms with Crippen molar-refractivity contribution in [1.29, 1.82) is 0 Å². The summed E-state index contributed by atoms with van der Waals surface area (Å²) in [6, 6.07) is 5.98. The Kier molecular flexibility index (Phi) is 3.85. The third-order valence-electron chi connectivity index (χ3n) is 3.50. The van der Waals surface area contributed by atoms with Gasteiger partial charge in [-0.25, -0.2) is 14.2 Å². The van der Waals surface area contributed by atoms with Crippen LogP contribution in [0.2, 0.25) is 0 Å². The molecule has 2 rings (SSSR count). The monoisotopic (exact) mass is 287 g/mol. The minimum Gasteiger partial charge on any atom is -0.297 e. The van der Waals surface area contributed by atoms with Crippen molar-refractivity contribution < 1.29 is 4.79 Å². The van der Waals surface area contributed by atoms with Crippen LogP contribution in [0.15, 0.2) is 29.3 Å². The molecule has 0 atom stereocenters. The summed E-state index contributed by atoms with van der Waals surface area (Å²) in [7, 11) is 0. The first-order valence-corrected chi connectivity index (χ1v) is 6.95. The van der Waals surface area contributed by atoms with Crippen molar-refractivity contribution in [3.05, 3.63) is 46.1 Å². The van der Waals surface area contributed by atoms with Gasteiger partial charge in [0.2, 0.25) is 0 Å². The highest BCUT2D eigenvalue weighted by atomic mass is 16.2. The number of ketones is 1. The molecule has 0 unspecified atom stereocenters. The van der Waals surface area contributed by atoms with Gasteiger partial charge in [0.15, 0.2) is 5.78 Å². The lowest BCUT2D eigenvalue weighted by molar-refractivity contribution is -0.127. The molecule has 21 heavy (non-hydrogen) atoms. The highest BCUT2D eigenvalue weighted by Gasteiger charge is 2.23. The van der Waals surface area contributed by atoms with Crippen molar-refractivity contribution in [2.75, 3.05) is 0 Å². The summed E-state index contributed by atoms with van der Waals surface area (Å²) in [4.78, 5) is 28.0. The number of aryl methyl sites for hydroxylation is 2. The molecule has 2 aromatic rings. The molecule has 0 fully saturated rings. The number of nitrogens with zero attached hydrogens (tertiary/aromatic N) is 3. The Hall–Kier alpha value is -2.17. The maximum atomic E-state index is 12.2. The lowest BCUT2D eigenvalue weighted by atomic mass is 9.91. The molecule has 0 spiro atoms. The SMILES string of the molecule is Cc1ccc(C)c(-n2cnc(=O)n2CC(=O)C(C)(C)C)c1. The van der Waals surface area contributed by atoms with Gasteiger partial charge < -0.3 is 0 Å². The van der Waals surface area contributed by atoms with Crippen molar-refractivity contribution in [3.8, 4) is 5.69 Å². The molecule has 5 nitrogen and oxygen atoms in total. The molecule has 1 aromatic heterocycles. The van der Waals surface area contributed by atoms with E-state index < -0.39 is 11.1 Å². The second kappa shape index (κ2) is 5.31. The number of Topliss-reactive ketones (excluding diaryl/α,β-unsaturated/α-hetero) is 1. The molecule has 0 saturated heterocycles. The van der Waals surface area contributed by atoms with E-state index in [0.29, 0.717) is 0 Å². The van der Waals surface area contributed by atoms with Crippen molar-refractivity contribution in [2.24, 2.45) is 5.41 Å². The summed E-state index contributed by atoms with van der Waals surface area (Å²) in [6.45, 7) is 9.52. The largest absolute Gasteiger partial charge is 0.364 e. The lowest BCUT2D eigenvalue weighted by Gasteiger charge is -2.18. The minimum atomic E-state index is -0.490. The maximum Gasteiger partial charge on any atom is 0.364 e. The van der Waals surface area contributed by atoms with Crippen LogP contribution in [0.3, 0.4) is 0 Å². The van der Waals surface area contributed by atoms with E-state index in [1.807, 2.05) is 52.8 Å². The Labute approximate surface area is 124 Å². The van der Waals surface area contributed by atoms with Crippen LogP contribution in [0.5, 0.6) is 0 Å². The molecule has 1 heterocycles. The zero-order chi connectivity index (χ0) is 15.8. The fraction of sp³-hybridized carbons (Fsp3) is 0.438. The van der Waals surface area contributed by atoms with Gasteiger partial charge in [-0.1, -0.05) is 32.9 Å². The van der Waals surface area contributed by atoms with Crippen molar-refractivity contribution in [2.45, 2.75) is 41.2 Å². The fourth-order valence-electron chi connectivity index (χ4n) is 2.00. The van der Waals surface area contributed by atoms with Crippen LogP contribution in [0, 0.1) is 19.3 Å². The van der Waals surface area contributed by atoms with Crippen molar-refractivity contribution in [3.63, 3.8) is 0 Å². The van der Waals surface area contributed by atoms with Crippen molar-refractivity contribution in [1.82, 2.24) is 14.3 Å². The molecule has 5 heteroatoms. The van der Waals surface area contributed by atoms with Gasteiger partial charge in [0.1, 0.15) is 12.9 Å². The Morgan fingerprint density at radius 2 is 1.90 bits per heavy atom. The summed E-state index contributed by atoms with van der Waals surface area (Å²) in [5.41, 5.74) is 2.08. The van der Waals surface area contributed by atoms with Gasteiger partial charge in [-0.2, -0.15) is 4.98 Å². The number of benzene rings is 1. The van der Waals surface area contributed by atoms with Gasteiger partial charge in [-0.05, 0) is 31.0 Å². The fourth-order valence-corrected chi connectivity index (χ4v) is 2.00. The normalized spacial score (nSPS) is 11.7. The van der Waals surface area contributed by atoms with Crippen LogP contribution in [0.25, 0.3) is 5.69 Å². The highest BCUT2D eigenvalue weighted by molar-refractivity contribution is 5.83. The Morgan fingerprint density at radius 1 is 1.24 bits per heavy atom. The molecule has 0 saturated carbocycles. The number of rotatable bonds is 3. The summed E-state index contributed by atoms with van der Waals surface area (Å²) < 4.78 is 3.05. The average Bonchev–Trinajstić information content (AvgIpc) is 2.73. The van der Waals surface area contributed by atoms with E-state index in [2.05, 4.69) is 4.98 Å². The van der Waals surface area contributed by atoms with Gasteiger partial charge in [0.05, 0.1) is 5.69 Å². The number of carbonyl (C=O) groups excluding carboxylic acids is 1. The van der Waals surface area contributed by atoms with E-state index in [9.17, 15) is 9.59 Å². The van der Waals surface area contributed by atoms with Crippen LogP contribution in [0.4, 0.5) is 0 Å². The van der Waals surface area contributed by atoms with E-state index in [1.165, 1.54) is 11.0 Å². The molecule has 0 radical (unpaired) electrons. The number of hydrogen-bond donors (Lipinski definition) is 0. The summed E-state index contributed by atoms with van der Waals surface area (Å²) in [6.07, 6.45) is 1.47. The standard InChI is InChI=1S/C16H21N3O2/c1-11-6-7-12(2)13(8-11)19-10-17-15(21)18(19)9-14(20)16(3,4)5/h6-8,10H,9H2,1-5H3. The summed E-state index contributed by atoms with van der Waals surface area (Å²) in [5, 5.41) is 0. The minimum absolute atomic E-state index is 0.00310. The third-order valence-corrected chi connectivity index (χ3v) is 3.50. The topological polar surface area (TPSA) is 56.9 Å². The van der Waals surface area contributed by atoms with E-state index >= 15 is 0 Å². The van der Waals surface area contributed by atoms with Crippen molar-refractivity contribution >= 4 is 5.78 Å². The molecule has 1 aromatic carbocycles. The Bertz CT molecular complexity index is 733. The van der Waals surface area contributed by atoms with E-state index in [1.54, 1.807) is 4.68 Å². The molecule has 0 aliphatic heterocycles. The van der Waals surface area contributed by atoms with E-state index in [0.717, 1.165) is 16.8 Å². The van der Waals surface area contributed by atoms with Gasteiger partial charge >= 0.3 is 5.69 Å². The number of hydrogen-bond acceptors (Lipinski definition) is 3. The first kappa shape index (κ1) is 15.2. The summed E-state index contributed by atoms with van der Waals surface area (Å²) >= 11 is 0. The first-order chi connectivity index (χ1) is 9.70. The highest BCUT2D eigenvalue weighted by Crippen LogP contribution is 2.17. The number of carbonyl (C=O) groups is 1. The second-order valence-corrected chi connectivity index (χ2v) is 6.39. The predicted octanol–water partition coefficient (Wildman–Crippen LogP) is 2.27. The van der Waals surface area contributed by atoms with Crippen LogP contribution in [-0.2, 0) is 11.3 Å². The van der Waals surface area contributed by atoms with Gasteiger partial charge in [0.25, 0.3) is 0 Å². The van der Waals surface area contributed by atoms with Crippen LogP contribution in [0.1, 0.15) is 31.9 Å². The van der Waals surface area contributed by atoms with Crippen LogP contribution >= 0.6 is 0 Å². The van der Waals surface area contributed by atoms with E-state index in [4.69, 9.17) is 0 Å². The molecule has 112 valence electrons. The molecule has 0 amide bonds. The smallest absolute Gasteiger partial charge is 0.297 e. The summed E-state index contributed by atoms with van der Waals surface area (Å²) in [5.74, 6) is -0.00310. The predicted molar refractivity (Wildman–Crippen MR) is 81.8 cm³/mol. The van der Waals surface area contributed by atoms with Gasteiger partial charge in [-0.3, -0.25) is 4.79 Å². The second-order valence-electron chi connectivity index (χ2n) is 6.39. The molecular weight excluding hydrogens is 266 g/mol. The zero-order valence-electron chi connectivity index (χ0n) is 13.2. The van der Waals surface area contributed by atoms with Gasteiger partial charge in [-0.15, -0.1) is 0 Å². The zero-order valence-corrected chi connectivity index (χ0v) is 13.2. The lowest BCUT2D eigenvalue weighted by Crippen LogP contribution is -2.32. The average molecular weight is 287 g/mol. The molecular formula is C16H21N3O2. The maximum absolute atomic E-state index is 12.2. The molecule has 0 N–H and O–H groups in total. The quantitative estimate of drug-likeness (QED) is 0.870. The van der Waals surface area contributed by atoms with Crippen LogP contribution in [-0.4, -0.2) is 20.1 Å². The van der Waals surface area contributed by atoms with Crippen LogP contribution < -0.4 is 5.69 Å². The van der Waals surface area contributed by atoms with Gasteiger partial charge in [0, 0.05) is 5.41 Å². The molecule has 0 aliphatic rings. The number of aromatic nitrogens is 3. The third kappa shape index (κ3) is 3.12. The Balaban J connectivity index is 2.50. The molecule has 0 bridgehead atoms.